The fraction of sp³-hybridized carbons (Fsp3) is 0.667. The van der Waals surface area contributed by atoms with Crippen molar-refractivity contribution in [1.29, 1.82) is 0 Å². The second-order valence-corrected chi connectivity index (χ2v) is 5.70. The number of hydrogen-bond acceptors (Lipinski definition) is 5. The average Bonchev–Trinajstić information content (AvgIpc) is 2.71. The molecule has 2 N–H and O–H groups in total. The molecule has 1 fully saturated rings. The Morgan fingerprint density at radius 3 is 2.57 bits per heavy atom. The number of aryl methyl sites for hydroxylation is 1. The fourth-order valence-electron chi connectivity index (χ4n) is 2.87. The van der Waals surface area contributed by atoms with Crippen LogP contribution >= 0.6 is 0 Å². The minimum Gasteiger partial charge on any atom is -0.481 e. The molecule has 2 rings (SSSR count). The zero-order valence-electron chi connectivity index (χ0n) is 12.7. The highest BCUT2D eigenvalue weighted by atomic mass is 16.5. The van der Waals surface area contributed by atoms with E-state index in [1.165, 1.54) is 0 Å². The molecule has 0 atom stereocenters. The van der Waals surface area contributed by atoms with Crippen LogP contribution in [-0.2, 0) is 4.79 Å². The maximum Gasteiger partial charge on any atom is 0.311 e. The Hall–Kier alpha value is -1.85. The number of carboxylic acid groups (broad SMARTS) is 1. The lowest BCUT2D eigenvalue weighted by Crippen LogP contribution is -2.37. The van der Waals surface area contributed by atoms with Gasteiger partial charge in [0, 0.05) is 12.6 Å². The normalized spacial score (nSPS) is 17.8. The van der Waals surface area contributed by atoms with Crippen molar-refractivity contribution >= 4 is 11.8 Å². The van der Waals surface area contributed by atoms with Crippen molar-refractivity contribution in [2.24, 2.45) is 5.41 Å². The van der Waals surface area contributed by atoms with Crippen molar-refractivity contribution in [3.05, 3.63) is 11.9 Å². The maximum atomic E-state index is 11.7. The third-order valence-electron chi connectivity index (χ3n) is 4.15. The number of carbonyl (C=O) groups is 1. The van der Waals surface area contributed by atoms with Crippen molar-refractivity contribution in [2.75, 3.05) is 19.0 Å². The molecule has 1 heterocycles. The first-order chi connectivity index (χ1) is 10.1. The summed E-state index contributed by atoms with van der Waals surface area (Å²) < 4.78 is 5.11. The monoisotopic (exact) mass is 293 g/mol. The fourth-order valence-corrected chi connectivity index (χ4v) is 2.87. The zero-order valence-corrected chi connectivity index (χ0v) is 12.7. The number of rotatable bonds is 5. The third kappa shape index (κ3) is 3.83. The van der Waals surface area contributed by atoms with Crippen molar-refractivity contribution in [1.82, 2.24) is 9.97 Å². The summed E-state index contributed by atoms with van der Waals surface area (Å²) >= 11 is 0. The standard InChI is InChI=1S/C15H23N3O3/c1-11-17-12(9-13(18-11)21-2)16-10-15(14(19)20)7-5-3-4-6-8-15/h9H,3-8,10H2,1-2H3,(H,19,20)(H,16,17,18). The molecule has 116 valence electrons. The van der Waals surface area contributed by atoms with Crippen molar-refractivity contribution < 1.29 is 14.6 Å². The van der Waals surface area contributed by atoms with Crippen LogP contribution in [-0.4, -0.2) is 34.7 Å². The van der Waals surface area contributed by atoms with E-state index in [0.717, 1.165) is 38.5 Å². The van der Waals surface area contributed by atoms with Crippen LogP contribution in [0.5, 0.6) is 5.88 Å². The van der Waals surface area contributed by atoms with Gasteiger partial charge in [0.15, 0.2) is 0 Å². The molecule has 0 saturated heterocycles. The smallest absolute Gasteiger partial charge is 0.311 e. The highest BCUT2D eigenvalue weighted by Crippen LogP contribution is 2.35. The summed E-state index contributed by atoms with van der Waals surface area (Å²) in [5, 5.41) is 12.8. The Labute approximate surface area is 124 Å². The highest BCUT2D eigenvalue weighted by molar-refractivity contribution is 5.75. The second-order valence-electron chi connectivity index (χ2n) is 5.70. The Morgan fingerprint density at radius 2 is 2.00 bits per heavy atom. The minimum absolute atomic E-state index is 0.391. The molecule has 1 aromatic rings. The number of carboxylic acids is 1. The summed E-state index contributed by atoms with van der Waals surface area (Å²) in [5.74, 6) is 0.983. The van der Waals surface area contributed by atoms with Crippen LogP contribution in [0.4, 0.5) is 5.82 Å². The Balaban J connectivity index is 2.11. The molecular weight excluding hydrogens is 270 g/mol. The SMILES string of the molecule is COc1cc(NCC2(C(=O)O)CCCCCC2)nc(C)n1. The summed E-state index contributed by atoms with van der Waals surface area (Å²) in [6, 6.07) is 1.69. The molecule has 1 aliphatic carbocycles. The first-order valence-corrected chi connectivity index (χ1v) is 7.43. The van der Waals surface area contributed by atoms with E-state index in [-0.39, 0.29) is 0 Å². The molecule has 0 radical (unpaired) electrons. The molecule has 1 aromatic heterocycles. The molecule has 6 heteroatoms. The number of aromatic nitrogens is 2. The number of anilines is 1. The maximum absolute atomic E-state index is 11.7. The summed E-state index contributed by atoms with van der Waals surface area (Å²) in [6.07, 6.45) is 5.62. The summed E-state index contributed by atoms with van der Waals surface area (Å²) in [5.41, 5.74) is -0.692. The third-order valence-corrected chi connectivity index (χ3v) is 4.15. The molecule has 6 nitrogen and oxygen atoms in total. The number of aliphatic carboxylic acids is 1. The van der Waals surface area contributed by atoms with Crippen LogP contribution in [0, 0.1) is 12.3 Å². The van der Waals surface area contributed by atoms with E-state index in [2.05, 4.69) is 15.3 Å². The van der Waals surface area contributed by atoms with E-state index in [9.17, 15) is 9.90 Å². The summed E-state index contributed by atoms with van der Waals surface area (Å²) in [4.78, 5) is 20.2. The Morgan fingerprint density at radius 1 is 1.33 bits per heavy atom. The Kier molecular flexibility index (Phi) is 4.98. The van der Waals surface area contributed by atoms with E-state index in [1.807, 2.05) is 0 Å². The molecule has 1 saturated carbocycles. The number of ether oxygens (including phenoxy) is 1. The lowest BCUT2D eigenvalue weighted by molar-refractivity contribution is -0.149. The van der Waals surface area contributed by atoms with Crippen LogP contribution in [0.15, 0.2) is 6.07 Å². The van der Waals surface area contributed by atoms with Gasteiger partial charge in [0.1, 0.15) is 11.6 Å². The lowest BCUT2D eigenvalue weighted by Gasteiger charge is -2.28. The van der Waals surface area contributed by atoms with Gasteiger partial charge in [0.25, 0.3) is 0 Å². The minimum atomic E-state index is -0.713. The van der Waals surface area contributed by atoms with Gasteiger partial charge in [-0.15, -0.1) is 0 Å². The molecular formula is C15H23N3O3. The largest absolute Gasteiger partial charge is 0.481 e. The van der Waals surface area contributed by atoms with Crippen molar-refractivity contribution in [2.45, 2.75) is 45.4 Å². The quantitative estimate of drug-likeness (QED) is 0.812. The molecule has 0 spiro atoms. The molecule has 21 heavy (non-hydrogen) atoms. The summed E-state index contributed by atoms with van der Waals surface area (Å²) in [6.45, 7) is 2.17. The van der Waals surface area contributed by atoms with Crippen LogP contribution < -0.4 is 10.1 Å². The average molecular weight is 293 g/mol. The van der Waals surface area contributed by atoms with E-state index in [1.54, 1.807) is 20.1 Å². The number of methoxy groups -OCH3 is 1. The van der Waals surface area contributed by atoms with Gasteiger partial charge in [-0.1, -0.05) is 25.7 Å². The van der Waals surface area contributed by atoms with Gasteiger partial charge in [-0.2, -0.15) is 4.98 Å². The van der Waals surface area contributed by atoms with Gasteiger partial charge in [-0.25, -0.2) is 4.98 Å². The second kappa shape index (κ2) is 6.74. The zero-order chi connectivity index (χ0) is 15.3. The van der Waals surface area contributed by atoms with Gasteiger partial charge in [-0.3, -0.25) is 4.79 Å². The van der Waals surface area contributed by atoms with Crippen LogP contribution in [0.25, 0.3) is 0 Å². The molecule has 0 aliphatic heterocycles. The molecule has 1 aliphatic rings. The Bertz CT molecular complexity index is 497. The van der Waals surface area contributed by atoms with Crippen molar-refractivity contribution in [3.8, 4) is 5.88 Å². The predicted molar refractivity (Wildman–Crippen MR) is 79.6 cm³/mol. The van der Waals surface area contributed by atoms with Gasteiger partial charge in [0.2, 0.25) is 5.88 Å². The molecule has 0 bridgehead atoms. The summed E-state index contributed by atoms with van der Waals surface area (Å²) in [7, 11) is 1.55. The van der Waals surface area contributed by atoms with Crippen LogP contribution in [0.2, 0.25) is 0 Å². The van der Waals surface area contributed by atoms with Gasteiger partial charge >= 0.3 is 5.97 Å². The van der Waals surface area contributed by atoms with E-state index < -0.39 is 11.4 Å². The molecule has 0 unspecified atom stereocenters. The number of nitrogens with one attached hydrogen (secondary N) is 1. The van der Waals surface area contributed by atoms with Gasteiger partial charge in [0.05, 0.1) is 12.5 Å². The first-order valence-electron chi connectivity index (χ1n) is 7.43. The van der Waals surface area contributed by atoms with Crippen LogP contribution in [0.3, 0.4) is 0 Å². The predicted octanol–water partition coefficient (Wildman–Crippen LogP) is 2.63. The lowest BCUT2D eigenvalue weighted by atomic mass is 9.80. The van der Waals surface area contributed by atoms with E-state index in [0.29, 0.717) is 24.1 Å². The number of hydrogen-bond donors (Lipinski definition) is 2. The highest BCUT2D eigenvalue weighted by Gasteiger charge is 2.38. The van der Waals surface area contributed by atoms with E-state index >= 15 is 0 Å². The van der Waals surface area contributed by atoms with Crippen molar-refractivity contribution in [3.63, 3.8) is 0 Å². The first kappa shape index (κ1) is 15.5. The molecule has 0 amide bonds. The topological polar surface area (TPSA) is 84.3 Å². The van der Waals surface area contributed by atoms with Gasteiger partial charge in [-0.05, 0) is 19.8 Å². The number of nitrogens with zero attached hydrogens (tertiary/aromatic N) is 2. The van der Waals surface area contributed by atoms with E-state index in [4.69, 9.17) is 4.74 Å². The van der Waals surface area contributed by atoms with Crippen LogP contribution in [0.1, 0.15) is 44.3 Å². The van der Waals surface area contributed by atoms with Gasteiger partial charge < -0.3 is 15.2 Å². The molecule has 0 aromatic carbocycles.